The van der Waals surface area contributed by atoms with E-state index in [9.17, 15) is 4.79 Å². The number of aryl methyl sites for hydroxylation is 1. The summed E-state index contributed by atoms with van der Waals surface area (Å²) in [6.45, 7) is 26.7. The van der Waals surface area contributed by atoms with E-state index in [1.54, 1.807) is 0 Å². The van der Waals surface area contributed by atoms with Crippen LogP contribution in [0.15, 0.2) is 36.5 Å². The van der Waals surface area contributed by atoms with E-state index in [-0.39, 0.29) is 0 Å². The van der Waals surface area contributed by atoms with Crippen LogP contribution < -0.4 is 5.32 Å². The Bertz CT molecular complexity index is 435. The van der Waals surface area contributed by atoms with Crippen molar-refractivity contribution in [3.63, 3.8) is 0 Å². The van der Waals surface area contributed by atoms with Gasteiger partial charge >= 0.3 is 0 Å². The van der Waals surface area contributed by atoms with Crippen molar-refractivity contribution in [1.82, 2.24) is 5.32 Å². The normalized spacial score (nSPS) is 9.57. The number of unbranched alkanes of at least 4 members (excludes halogenated alkanes) is 1. The molecule has 166 valence electrons. The summed E-state index contributed by atoms with van der Waals surface area (Å²) in [6, 6.07) is 8.36. The Morgan fingerprint density at radius 2 is 1.50 bits per heavy atom. The molecule has 0 saturated carbocycles. The zero-order valence-corrected chi connectivity index (χ0v) is 21.0. The fourth-order valence-electron chi connectivity index (χ4n) is 1.77. The minimum atomic E-state index is 0.576. The predicted octanol–water partition coefficient (Wildman–Crippen LogP) is 8.46. The minimum Gasteiger partial charge on any atom is -0.387 e. The summed E-state index contributed by atoms with van der Waals surface area (Å²) in [5.41, 5.74) is 3.07. The highest BCUT2D eigenvalue weighted by atomic mass is 16.1. The third-order valence-corrected chi connectivity index (χ3v) is 3.09. The van der Waals surface area contributed by atoms with Gasteiger partial charge in [0.25, 0.3) is 0 Å². The van der Waals surface area contributed by atoms with E-state index in [1.807, 2.05) is 58.9 Å². The van der Waals surface area contributed by atoms with Crippen molar-refractivity contribution < 1.29 is 4.79 Å². The van der Waals surface area contributed by atoms with Crippen LogP contribution in [0, 0.1) is 5.92 Å². The molecule has 1 rings (SSSR count). The van der Waals surface area contributed by atoms with Gasteiger partial charge in [-0.15, -0.1) is 0 Å². The van der Waals surface area contributed by atoms with Gasteiger partial charge in [-0.25, -0.2) is 0 Å². The molecule has 0 saturated heterocycles. The first kappa shape index (κ1) is 34.0. The van der Waals surface area contributed by atoms with Crippen molar-refractivity contribution in [2.24, 2.45) is 5.92 Å². The summed E-state index contributed by atoms with van der Waals surface area (Å²) in [6.07, 6.45) is 5.45. The molecule has 0 aliphatic rings. The lowest BCUT2D eigenvalue weighted by molar-refractivity contribution is 0.112. The molecule has 1 aromatic rings. The number of benzene rings is 1. The van der Waals surface area contributed by atoms with Crippen LogP contribution in [0.5, 0.6) is 0 Å². The third-order valence-electron chi connectivity index (χ3n) is 3.09. The first-order valence-corrected chi connectivity index (χ1v) is 11.2. The van der Waals surface area contributed by atoms with Gasteiger partial charge in [-0.05, 0) is 44.6 Å². The van der Waals surface area contributed by atoms with E-state index in [4.69, 9.17) is 0 Å². The number of allylic oxidation sites excluding steroid dienone is 1. The van der Waals surface area contributed by atoms with Crippen LogP contribution in [0.1, 0.15) is 111 Å². The van der Waals surface area contributed by atoms with Gasteiger partial charge in [0.05, 0.1) is 0 Å². The van der Waals surface area contributed by atoms with Crippen molar-refractivity contribution in [3.8, 4) is 0 Å². The van der Waals surface area contributed by atoms with Crippen molar-refractivity contribution in [1.29, 1.82) is 0 Å². The van der Waals surface area contributed by atoms with E-state index < -0.39 is 0 Å². The largest absolute Gasteiger partial charge is 0.387 e. The van der Waals surface area contributed by atoms with Gasteiger partial charge < -0.3 is 5.32 Å². The minimum absolute atomic E-state index is 0.576. The number of carbonyl (C=O) groups excluding carboxylic acids is 1. The molecule has 0 heterocycles. The molecule has 1 aromatic carbocycles. The summed E-state index contributed by atoms with van der Waals surface area (Å²) in [4.78, 5) is 10.6. The van der Waals surface area contributed by atoms with Crippen LogP contribution in [-0.4, -0.2) is 12.3 Å². The Morgan fingerprint density at radius 1 is 1.04 bits per heavy atom. The van der Waals surface area contributed by atoms with Crippen LogP contribution in [0.4, 0.5) is 0 Å². The Kier molecular flexibility index (Phi) is 33.5. The molecule has 0 fully saturated rings. The monoisotopic (exact) mass is 393 g/mol. The number of hydrogen-bond donors (Lipinski definition) is 1. The first-order chi connectivity index (χ1) is 13.3. The van der Waals surface area contributed by atoms with Crippen LogP contribution in [0.25, 0.3) is 0 Å². The molecular weight excluding hydrogens is 342 g/mol. The molecule has 28 heavy (non-hydrogen) atoms. The predicted molar refractivity (Wildman–Crippen MR) is 131 cm³/mol. The third kappa shape index (κ3) is 29.2. The average Bonchev–Trinajstić information content (AvgIpc) is 2.69. The number of rotatable bonds is 7. The number of aldehydes is 1. The molecule has 0 aliphatic heterocycles. The van der Waals surface area contributed by atoms with E-state index in [2.05, 4.69) is 53.4 Å². The van der Waals surface area contributed by atoms with Crippen LogP contribution >= 0.6 is 0 Å². The maximum Gasteiger partial charge on any atom is 0.150 e. The number of carbonyl (C=O) groups is 1. The molecule has 0 aliphatic carbocycles. The highest BCUT2D eigenvalue weighted by molar-refractivity contribution is 5.77. The Balaban J connectivity index is -0.000000156. The molecule has 1 atom stereocenters. The van der Waals surface area contributed by atoms with Crippen molar-refractivity contribution in [3.05, 3.63) is 47.7 Å². The van der Waals surface area contributed by atoms with Gasteiger partial charge in [0.15, 0.2) is 0 Å². The van der Waals surface area contributed by atoms with E-state index >= 15 is 0 Å². The van der Waals surface area contributed by atoms with Crippen LogP contribution in [-0.2, 0) is 6.42 Å². The molecule has 1 unspecified atom stereocenters. The zero-order valence-electron chi connectivity index (χ0n) is 21.0. The van der Waals surface area contributed by atoms with E-state index in [0.29, 0.717) is 6.04 Å². The molecule has 2 nitrogen and oxygen atoms in total. The van der Waals surface area contributed by atoms with Gasteiger partial charge in [-0.2, -0.15) is 0 Å². The summed E-state index contributed by atoms with van der Waals surface area (Å²) in [7, 11) is 0. The smallest absolute Gasteiger partial charge is 0.150 e. The van der Waals surface area contributed by atoms with Gasteiger partial charge in [-0.3, -0.25) is 4.79 Å². The van der Waals surface area contributed by atoms with Crippen molar-refractivity contribution >= 4 is 6.29 Å². The van der Waals surface area contributed by atoms with Gasteiger partial charge in [0, 0.05) is 17.3 Å². The number of nitrogens with one attached hydrogen (secondary N) is 1. The maximum atomic E-state index is 10.6. The van der Waals surface area contributed by atoms with Crippen molar-refractivity contribution in [2.75, 3.05) is 0 Å². The topological polar surface area (TPSA) is 29.1 Å². The lowest BCUT2D eigenvalue weighted by Gasteiger charge is -2.10. The second-order valence-electron chi connectivity index (χ2n) is 6.89. The molecule has 2 heteroatoms. The van der Waals surface area contributed by atoms with Crippen LogP contribution in [0.2, 0.25) is 0 Å². The molecule has 0 spiro atoms. The van der Waals surface area contributed by atoms with Crippen molar-refractivity contribution in [2.45, 2.75) is 108 Å². The number of hydrogen-bond acceptors (Lipinski definition) is 2. The quantitative estimate of drug-likeness (QED) is 0.471. The Labute approximate surface area is 178 Å². The summed E-state index contributed by atoms with van der Waals surface area (Å²) >= 11 is 0. The molecule has 0 aromatic heterocycles. The fraction of sp³-hybridized carbons (Fsp3) is 0.654. The zero-order chi connectivity index (χ0) is 23.0. The molecule has 0 bridgehead atoms. The SMILES string of the molecule is C=C(C)NC(C)CC.CC.CC.CC(C)C.CCCCc1ccccc1C=O. The second kappa shape index (κ2) is 27.6. The molecular formula is C26H51NO. The van der Waals surface area contributed by atoms with E-state index in [0.717, 1.165) is 42.7 Å². The summed E-state index contributed by atoms with van der Waals surface area (Å²) in [5.74, 6) is 0.833. The van der Waals surface area contributed by atoms with Crippen LogP contribution in [0.3, 0.4) is 0 Å². The highest BCUT2D eigenvalue weighted by Crippen LogP contribution is 2.09. The fourth-order valence-corrected chi connectivity index (χ4v) is 1.77. The summed E-state index contributed by atoms with van der Waals surface area (Å²) in [5, 5.41) is 3.20. The summed E-state index contributed by atoms with van der Waals surface area (Å²) < 4.78 is 0. The average molecular weight is 394 g/mol. The lowest BCUT2D eigenvalue weighted by Crippen LogP contribution is -2.22. The Hall–Kier alpha value is -1.57. The van der Waals surface area contributed by atoms with Gasteiger partial charge in [-0.1, -0.05) is 99.6 Å². The maximum absolute atomic E-state index is 10.6. The highest BCUT2D eigenvalue weighted by Gasteiger charge is 1.98. The van der Waals surface area contributed by atoms with Gasteiger partial charge in [0.1, 0.15) is 6.29 Å². The van der Waals surface area contributed by atoms with E-state index in [1.165, 1.54) is 12.0 Å². The standard InChI is InChI=1S/C11H14O.C7H15N.C4H10.2C2H6/c1-2-3-6-10-7-4-5-8-11(10)9-12;1-5-7(4)8-6(2)3;1-4(2)3;2*1-2/h4-5,7-9H,2-3,6H2,1H3;7-8H,2,5H2,1,3-4H3;4H,1-3H3;2*1-2H3. The van der Waals surface area contributed by atoms with Gasteiger partial charge in [0.2, 0.25) is 0 Å². The second-order valence-corrected chi connectivity index (χ2v) is 6.89. The lowest BCUT2D eigenvalue weighted by atomic mass is 10.0. The molecule has 0 amide bonds. The molecule has 0 radical (unpaired) electrons. The first-order valence-electron chi connectivity index (χ1n) is 11.2. The Morgan fingerprint density at radius 3 is 1.82 bits per heavy atom. The molecule has 1 N–H and O–H groups in total.